The fourth-order valence-corrected chi connectivity index (χ4v) is 3.35. The summed E-state index contributed by atoms with van der Waals surface area (Å²) in [5, 5.41) is 9.57. The number of carbonyl (C=O) groups is 1. The molecule has 0 aromatic rings. The number of carboxylic acids is 1. The van der Waals surface area contributed by atoms with Gasteiger partial charge in [-0.25, -0.2) is 0 Å². The molecule has 2 fully saturated rings. The molecule has 2 rings (SSSR count). The molecule has 0 amide bonds. The summed E-state index contributed by atoms with van der Waals surface area (Å²) in [5.41, 5.74) is 0.200. The van der Waals surface area contributed by atoms with E-state index in [-0.39, 0.29) is 5.41 Å². The van der Waals surface area contributed by atoms with Gasteiger partial charge in [0, 0.05) is 5.25 Å². The Morgan fingerprint density at radius 1 is 1.46 bits per heavy atom. The van der Waals surface area contributed by atoms with E-state index >= 15 is 0 Å². The van der Waals surface area contributed by atoms with Gasteiger partial charge >= 0.3 is 5.97 Å². The Balaban J connectivity index is 1.70. The third kappa shape index (κ3) is 2.39. The summed E-state index contributed by atoms with van der Waals surface area (Å²) < 4.78 is 0. The lowest BCUT2D eigenvalue weighted by Gasteiger charge is -2.26. The second kappa shape index (κ2) is 3.52. The van der Waals surface area contributed by atoms with Crippen molar-refractivity contribution in [3.05, 3.63) is 0 Å². The van der Waals surface area contributed by atoms with Crippen LogP contribution in [-0.2, 0) is 4.79 Å². The second-order valence-corrected chi connectivity index (χ2v) is 5.72. The van der Waals surface area contributed by atoms with Crippen LogP contribution < -0.4 is 0 Å². The Hall–Kier alpha value is -0.180. The zero-order valence-electron chi connectivity index (χ0n) is 7.79. The van der Waals surface area contributed by atoms with Crippen LogP contribution in [0.5, 0.6) is 0 Å². The van der Waals surface area contributed by atoms with Crippen LogP contribution in [0.2, 0.25) is 0 Å². The van der Waals surface area contributed by atoms with Gasteiger partial charge in [-0.05, 0) is 36.9 Å². The van der Waals surface area contributed by atoms with Crippen LogP contribution in [0.1, 0.15) is 38.5 Å². The van der Waals surface area contributed by atoms with Crippen LogP contribution in [0.25, 0.3) is 0 Å². The highest BCUT2D eigenvalue weighted by Crippen LogP contribution is 2.52. The van der Waals surface area contributed by atoms with Gasteiger partial charge in [-0.1, -0.05) is 6.42 Å². The average Bonchev–Trinajstić information content (AvgIpc) is 2.64. The summed E-state index contributed by atoms with van der Waals surface area (Å²) in [6.07, 6.45) is 6.76. The molecule has 2 nitrogen and oxygen atoms in total. The minimum Gasteiger partial charge on any atom is -0.481 e. The van der Waals surface area contributed by atoms with Crippen LogP contribution >= 0.6 is 11.8 Å². The Bertz CT molecular complexity index is 207. The number of rotatable bonds is 5. The molecule has 0 unspecified atom stereocenters. The topological polar surface area (TPSA) is 37.3 Å². The lowest BCUT2D eigenvalue weighted by molar-refractivity contribution is -0.138. The highest BCUT2D eigenvalue weighted by atomic mass is 32.2. The van der Waals surface area contributed by atoms with Crippen molar-refractivity contribution in [3.63, 3.8) is 0 Å². The molecular weight excluding hydrogens is 184 g/mol. The smallest absolute Gasteiger partial charge is 0.303 e. The van der Waals surface area contributed by atoms with E-state index in [1.165, 1.54) is 19.3 Å². The molecule has 2 aliphatic carbocycles. The normalized spacial score (nSPS) is 25.2. The van der Waals surface area contributed by atoms with Gasteiger partial charge in [0.15, 0.2) is 0 Å². The van der Waals surface area contributed by atoms with E-state index < -0.39 is 5.97 Å². The van der Waals surface area contributed by atoms with Crippen molar-refractivity contribution < 1.29 is 9.90 Å². The van der Waals surface area contributed by atoms with Crippen LogP contribution in [0, 0.1) is 5.41 Å². The third-order valence-corrected chi connectivity index (χ3v) is 4.88. The average molecular weight is 200 g/mol. The van der Waals surface area contributed by atoms with E-state index in [1.54, 1.807) is 0 Å². The van der Waals surface area contributed by atoms with Crippen molar-refractivity contribution in [1.82, 2.24) is 0 Å². The second-order valence-electron chi connectivity index (χ2n) is 4.43. The summed E-state index contributed by atoms with van der Waals surface area (Å²) in [5.74, 6) is 0.468. The summed E-state index contributed by atoms with van der Waals surface area (Å²) in [6.45, 7) is 0. The Labute approximate surface area is 83.1 Å². The molecule has 0 heterocycles. The summed E-state index contributed by atoms with van der Waals surface area (Å²) in [4.78, 5) is 10.6. The molecule has 0 aromatic heterocycles. The molecule has 1 N–H and O–H groups in total. The predicted octanol–water partition coefficient (Wildman–Crippen LogP) is 2.53. The van der Waals surface area contributed by atoms with Crippen LogP contribution in [0.15, 0.2) is 0 Å². The number of hydrogen-bond donors (Lipinski definition) is 1. The lowest BCUT2D eigenvalue weighted by atomic mass is 10.00. The third-order valence-electron chi connectivity index (χ3n) is 3.16. The van der Waals surface area contributed by atoms with E-state index in [1.807, 2.05) is 11.8 Å². The predicted molar refractivity (Wildman–Crippen MR) is 54.0 cm³/mol. The maximum absolute atomic E-state index is 10.6. The quantitative estimate of drug-likeness (QED) is 0.741. The number of hydrogen-bond acceptors (Lipinski definition) is 2. The minimum absolute atomic E-state index is 0.200. The number of thioether (sulfide) groups is 1. The van der Waals surface area contributed by atoms with E-state index in [9.17, 15) is 4.79 Å². The molecule has 0 bridgehead atoms. The lowest BCUT2D eigenvalue weighted by Crippen LogP contribution is -2.18. The minimum atomic E-state index is -0.619. The van der Waals surface area contributed by atoms with Crippen LogP contribution in [0.4, 0.5) is 0 Å². The van der Waals surface area contributed by atoms with Gasteiger partial charge in [-0.3, -0.25) is 4.79 Å². The number of carboxylic acid groups (broad SMARTS) is 1. The van der Waals surface area contributed by atoms with Gasteiger partial charge in [0.25, 0.3) is 0 Å². The first-order valence-electron chi connectivity index (χ1n) is 5.04. The molecule has 0 aliphatic heterocycles. The standard InChI is InChI=1S/C10H16O2S/c11-9(12)6-10(4-5-10)7-13-8-2-1-3-8/h8H,1-7H2,(H,11,12). The fourth-order valence-electron chi connectivity index (χ4n) is 1.70. The highest BCUT2D eigenvalue weighted by molar-refractivity contribution is 8.00. The molecule has 3 heteroatoms. The summed E-state index contributed by atoms with van der Waals surface area (Å²) in [7, 11) is 0. The molecule has 2 saturated carbocycles. The maximum atomic E-state index is 10.6. The highest BCUT2D eigenvalue weighted by Gasteiger charge is 2.44. The molecule has 0 spiro atoms. The van der Waals surface area contributed by atoms with Crippen LogP contribution in [-0.4, -0.2) is 22.1 Å². The van der Waals surface area contributed by atoms with E-state index in [0.717, 1.165) is 23.8 Å². The molecule has 13 heavy (non-hydrogen) atoms. The van der Waals surface area contributed by atoms with Crippen molar-refractivity contribution >= 4 is 17.7 Å². The number of aliphatic carboxylic acids is 1. The van der Waals surface area contributed by atoms with Gasteiger partial charge in [0.2, 0.25) is 0 Å². The van der Waals surface area contributed by atoms with Crippen molar-refractivity contribution in [3.8, 4) is 0 Å². The van der Waals surface area contributed by atoms with Gasteiger partial charge in [0.1, 0.15) is 0 Å². The molecule has 2 aliphatic rings. The molecule has 0 atom stereocenters. The summed E-state index contributed by atoms with van der Waals surface area (Å²) >= 11 is 2.01. The molecule has 0 saturated heterocycles. The van der Waals surface area contributed by atoms with E-state index in [0.29, 0.717) is 6.42 Å². The molecular formula is C10H16O2S. The van der Waals surface area contributed by atoms with Crippen LogP contribution in [0.3, 0.4) is 0 Å². The Kier molecular flexibility index (Phi) is 2.54. The van der Waals surface area contributed by atoms with Gasteiger partial charge < -0.3 is 5.11 Å². The van der Waals surface area contributed by atoms with Crippen molar-refractivity contribution in [2.75, 3.05) is 5.75 Å². The molecule has 0 radical (unpaired) electrons. The fraction of sp³-hybridized carbons (Fsp3) is 0.900. The van der Waals surface area contributed by atoms with Gasteiger partial charge in [0.05, 0.1) is 6.42 Å². The molecule has 0 aromatic carbocycles. The first kappa shape index (κ1) is 9.38. The molecule has 74 valence electrons. The SMILES string of the molecule is O=C(O)CC1(CSC2CCC2)CC1. The van der Waals surface area contributed by atoms with Gasteiger partial charge in [-0.15, -0.1) is 0 Å². The first-order chi connectivity index (χ1) is 6.20. The van der Waals surface area contributed by atoms with E-state index in [4.69, 9.17) is 5.11 Å². The Morgan fingerprint density at radius 3 is 2.54 bits per heavy atom. The van der Waals surface area contributed by atoms with Crippen molar-refractivity contribution in [2.24, 2.45) is 5.41 Å². The largest absolute Gasteiger partial charge is 0.481 e. The summed E-state index contributed by atoms with van der Waals surface area (Å²) in [6, 6.07) is 0. The zero-order chi connectivity index (χ0) is 9.31. The zero-order valence-corrected chi connectivity index (χ0v) is 8.61. The maximum Gasteiger partial charge on any atom is 0.303 e. The van der Waals surface area contributed by atoms with Crippen molar-refractivity contribution in [2.45, 2.75) is 43.8 Å². The van der Waals surface area contributed by atoms with Gasteiger partial charge in [-0.2, -0.15) is 11.8 Å². The first-order valence-corrected chi connectivity index (χ1v) is 6.09. The monoisotopic (exact) mass is 200 g/mol. The van der Waals surface area contributed by atoms with E-state index in [2.05, 4.69) is 0 Å². The van der Waals surface area contributed by atoms with Crippen molar-refractivity contribution in [1.29, 1.82) is 0 Å². The Morgan fingerprint density at radius 2 is 2.15 bits per heavy atom.